The van der Waals surface area contributed by atoms with E-state index in [9.17, 15) is 22.4 Å². The molecule has 0 aliphatic heterocycles. The van der Waals surface area contributed by atoms with Crippen molar-refractivity contribution in [3.63, 3.8) is 0 Å². The van der Waals surface area contributed by atoms with Crippen molar-refractivity contribution in [2.75, 3.05) is 0 Å². The summed E-state index contributed by atoms with van der Waals surface area (Å²) in [5.74, 6) is -3.22. The number of hydrogen-bond acceptors (Lipinski definition) is 4. The number of alkyl halides is 3. The van der Waals surface area contributed by atoms with Gasteiger partial charge in [0.15, 0.2) is 5.69 Å². The number of nitrogens with zero attached hydrogens (tertiary/aromatic N) is 2. The molecule has 21 heavy (non-hydrogen) atoms. The van der Waals surface area contributed by atoms with Gasteiger partial charge in [-0.05, 0) is 18.2 Å². The van der Waals surface area contributed by atoms with Gasteiger partial charge in [0, 0.05) is 6.20 Å². The summed E-state index contributed by atoms with van der Waals surface area (Å²) in [7, 11) is 0. The average Bonchev–Trinajstić information content (AvgIpc) is 2.37. The van der Waals surface area contributed by atoms with Gasteiger partial charge < -0.3 is 9.84 Å². The highest BCUT2D eigenvalue weighted by atomic mass is 19.4. The number of benzene rings is 1. The fourth-order valence-corrected chi connectivity index (χ4v) is 1.44. The molecule has 0 fully saturated rings. The summed E-state index contributed by atoms with van der Waals surface area (Å²) in [5.41, 5.74) is -2.08. The number of halogens is 4. The number of ether oxygens (including phenoxy) is 1. The van der Waals surface area contributed by atoms with Crippen LogP contribution in [0.5, 0.6) is 11.8 Å². The molecule has 0 radical (unpaired) electrons. The maximum absolute atomic E-state index is 13.4. The quantitative estimate of drug-likeness (QED) is 0.882. The number of aromatic nitrogens is 2. The van der Waals surface area contributed by atoms with Crippen LogP contribution in [0.4, 0.5) is 17.6 Å². The van der Waals surface area contributed by atoms with Crippen LogP contribution < -0.4 is 4.74 Å². The Morgan fingerprint density at radius 3 is 2.57 bits per heavy atom. The zero-order valence-electron chi connectivity index (χ0n) is 10.1. The van der Waals surface area contributed by atoms with Crippen molar-refractivity contribution in [1.82, 2.24) is 9.97 Å². The molecule has 0 spiro atoms. The largest absolute Gasteiger partial charge is 0.477 e. The van der Waals surface area contributed by atoms with Gasteiger partial charge in [-0.3, -0.25) is 0 Å². The van der Waals surface area contributed by atoms with Gasteiger partial charge in [0.1, 0.15) is 17.1 Å². The second-order valence-electron chi connectivity index (χ2n) is 3.74. The highest BCUT2D eigenvalue weighted by Gasteiger charge is 2.33. The van der Waals surface area contributed by atoms with Gasteiger partial charge in [-0.15, -0.1) is 0 Å². The van der Waals surface area contributed by atoms with Crippen LogP contribution in [0.2, 0.25) is 0 Å². The second kappa shape index (κ2) is 5.35. The van der Waals surface area contributed by atoms with E-state index in [0.717, 1.165) is 24.4 Å². The molecule has 9 heteroatoms. The monoisotopic (exact) mass is 302 g/mol. The predicted octanol–water partition coefficient (Wildman–Crippen LogP) is 3.13. The van der Waals surface area contributed by atoms with E-state index < -0.39 is 41.0 Å². The summed E-state index contributed by atoms with van der Waals surface area (Å²) < 4.78 is 55.7. The SMILES string of the molecule is O=C(O)c1c(F)cccc1Oc1nccc(C(F)(F)F)n1. The third-order valence-corrected chi connectivity index (χ3v) is 2.31. The molecule has 0 aliphatic carbocycles. The van der Waals surface area contributed by atoms with Gasteiger partial charge in [-0.1, -0.05) is 6.07 Å². The summed E-state index contributed by atoms with van der Waals surface area (Å²) >= 11 is 0. The number of rotatable bonds is 3. The van der Waals surface area contributed by atoms with Crippen molar-refractivity contribution < 1.29 is 32.2 Å². The molecule has 1 aromatic carbocycles. The molecule has 0 saturated heterocycles. The molecule has 0 amide bonds. The van der Waals surface area contributed by atoms with Crippen LogP contribution in [0, 0.1) is 5.82 Å². The first kappa shape index (κ1) is 14.7. The first-order valence-corrected chi connectivity index (χ1v) is 5.39. The van der Waals surface area contributed by atoms with Crippen molar-refractivity contribution in [2.45, 2.75) is 6.18 Å². The topological polar surface area (TPSA) is 72.3 Å². The lowest BCUT2D eigenvalue weighted by Gasteiger charge is -2.09. The zero-order chi connectivity index (χ0) is 15.6. The Labute approximate surface area is 114 Å². The van der Waals surface area contributed by atoms with Crippen LogP contribution in [0.15, 0.2) is 30.5 Å². The fourth-order valence-electron chi connectivity index (χ4n) is 1.44. The molecule has 1 N–H and O–H groups in total. The maximum atomic E-state index is 13.4. The minimum Gasteiger partial charge on any atom is -0.477 e. The molecular formula is C12H6F4N2O3. The molecule has 5 nitrogen and oxygen atoms in total. The highest BCUT2D eigenvalue weighted by Crippen LogP contribution is 2.30. The van der Waals surface area contributed by atoms with Crippen molar-refractivity contribution in [3.05, 3.63) is 47.5 Å². The normalized spacial score (nSPS) is 11.2. The minimum absolute atomic E-state index is 0.498. The van der Waals surface area contributed by atoms with E-state index >= 15 is 0 Å². The Morgan fingerprint density at radius 1 is 1.24 bits per heavy atom. The minimum atomic E-state index is -4.71. The standard InChI is InChI=1S/C12H6F4N2O3/c13-6-2-1-3-7(9(6)10(19)20)21-11-17-5-4-8(18-11)12(14,15)16/h1-5H,(H,19,20). The molecule has 2 aromatic rings. The fraction of sp³-hybridized carbons (Fsp3) is 0.0833. The summed E-state index contributed by atoms with van der Waals surface area (Å²) in [4.78, 5) is 17.4. The van der Waals surface area contributed by atoms with E-state index in [-0.39, 0.29) is 0 Å². The van der Waals surface area contributed by atoms with Crippen LogP contribution in [0.25, 0.3) is 0 Å². The average molecular weight is 302 g/mol. The van der Waals surface area contributed by atoms with E-state index in [2.05, 4.69) is 9.97 Å². The first-order valence-electron chi connectivity index (χ1n) is 5.39. The van der Waals surface area contributed by atoms with Gasteiger partial charge in [-0.25, -0.2) is 14.2 Å². The lowest BCUT2D eigenvalue weighted by Crippen LogP contribution is -2.10. The Kier molecular flexibility index (Phi) is 3.74. The molecular weight excluding hydrogens is 296 g/mol. The van der Waals surface area contributed by atoms with Crippen molar-refractivity contribution in [2.24, 2.45) is 0 Å². The molecule has 0 unspecified atom stereocenters. The third kappa shape index (κ3) is 3.25. The predicted molar refractivity (Wildman–Crippen MR) is 60.5 cm³/mol. The molecule has 0 saturated carbocycles. The van der Waals surface area contributed by atoms with Gasteiger partial charge in [-0.2, -0.15) is 18.2 Å². The number of carboxylic acids is 1. The number of hydrogen-bond donors (Lipinski definition) is 1. The lowest BCUT2D eigenvalue weighted by molar-refractivity contribution is -0.141. The maximum Gasteiger partial charge on any atom is 0.433 e. The Bertz CT molecular complexity index is 688. The van der Waals surface area contributed by atoms with Crippen LogP contribution in [-0.2, 0) is 6.18 Å². The highest BCUT2D eigenvalue weighted by molar-refractivity contribution is 5.91. The van der Waals surface area contributed by atoms with Crippen molar-refractivity contribution in [1.29, 1.82) is 0 Å². The van der Waals surface area contributed by atoms with Gasteiger partial charge in [0.05, 0.1) is 0 Å². The molecule has 0 aliphatic rings. The molecule has 110 valence electrons. The van der Waals surface area contributed by atoms with Crippen LogP contribution in [0.1, 0.15) is 16.1 Å². The summed E-state index contributed by atoms with van der Waals surface area (Å²) in [5, 5.41) is 8.87. The van der Waals surface area contributed by atoms with Crippen LogP contribution in [-0.4, -0.2) is 21.0 Å². The van der Waals surface area contributed by atoms with Gasteiger partial charge >= 0.3 is 18.2 Å². The zero-order valence-corrected chi connectivity index (χ0v) is 10.1. The summed E-state index contributed by atoms with van der Waals surface area (Å²) in [6, 6.07) is 2.98. The lowest BCUT2D eigenvalue weighted by atomic mass is 10.2. The summed E-state index contributed by atoms with van der Waals surface area (Å²) in [6.45, 7) is 0. The van der Waals surface area contributed by atoms with E-state index in [0.29, 0.717) is 6.07 Å². The molecule has 2 rings (SSSR count). The Hall–Kier alpha value is -2.71. The molecule has 1 aromatic heterocycles. The number of aromatic carboxylic acids is 1. The van der Waals surface area contributed by atoms with Crippen molar-refractivity contribution >= 4 is 5.97 Å². The molecule has 0 atom stereocenters. The Morgan fingerprint density at radius 2 is 1.95 bits per heavy atom. The second-order valence-corrected chi connectivity index (χ2v) is 3.74. The smallest absolute Gasteiger partial charge is 0.433 e. The number of carbonyl (C=O) groups is 1. The molecule has 1 heterocycles. The van der Waals surface area contributed by atoms with E-state index in [4.69, 9.17) is 9.84 Å². The van der Waals surface area contributed by atoms with Crippen molar-refractivity contribution in [3.8, 4) is 11.8 Å². The third-order valence-electron chi connectivity index (χ3n) is 2.31. The van der Waals surface area contributed by atoms with Gasteiger partial charge in [0.25, 0.3) is 0 Å². The summed E-state index contributed by atoms with van der Waals surface area (Å²) in [6.07, 6.45) is -3.91. The molecule has 0 bridgehead atoms. The van der Waals surface area contributed by atoms with E-state index in [1.54, 1.807) is 0 Å². The van der Waals surface area contributed by atoms with Crippen LogP contribution in [0.3, 0.4) is 0 Å². The van der Waals surface area contributed by atoms with Crippen LogP contribution >= 0.6 is 0 Å². The van der Waals surface area contributed by atoms with Gasteiger partial charge in [0.2, 0.25) is 0 Å². The Balaban J connectivity index is 2.40. The number of carboxylic acid groups (broad SMARTS) is 1. The van der Waals surface area contributed by atoms with E-state index in [1.165, 1.54) is 0 Å². The van der Waals surface area contributed by atoms with E-state index in [1.807, 2.05) is 0 Å². The first-order chi connectivity index (χ1) is 9.79.